The van der Waals surface area contributed by atoms with Crippen molar-refractivity contribution in [3.63, 3.8) is 0 Å². The molecular formula is C23H33N3O2S2. The molecule has 0 unspecified atom stereocenters. The van der Waals surface area contributed by atoms with Gasteiger partial charge in [-0.25, -0.2) is 4.68 Å². The molecule has 1 saturated heterocycles. The molecule has 1 amide bonds. The molecule has 7 heteroatoms. The fourth-order valence-corrected chi connectivity index (χ4v) is 5.97. The van der Waals surface area contributed by atoms with Crippen LogP contribution in [0, 0.1) is 0 Å². The molecule has 1 fully saturated rings. The summed E-state index contributed by atoms with van der Waals surface area (Å²) in [5.74, 6) is 3.65. The highest BCUT2D eigenvalue weighted by Gasteiger charge is 2.26. The number of hydrogen-bond acceptors (Lipinski definition) is 5. The lowest BCUT2D eigenvalue weighted by Gasteiger charge is -2.23. The standard InChI is InChI=1S/C23H33N3O2S2/c1-22(2,3)18-14-19(26(25-18)23(4,5)6)24-20(27)15-28-17-10-8-16(9-11-17)21-29-12-7-13-30-21/h8-11,14,21H,7,12-13,15H2,1-6H3,(H,24,27). The first-order valence-corrected chi connectivity index (χ1v) is 12.5. The van der Waals surface area contributed by atoms with E-state index in [9.17, 15) is 4.79 Å². The minimum absolute atomic E-state index is 0.0353. The van der Waals surface area contributed by atoms with Crippen LogP contribution in [0.3, 0.4) is 0 Å². The third-order valence-corrected chi connectivity index (χ3v) is 7.75. The summed E-state index contributed by atoms with van der Waals surface area (Å²) < 4.78 is 8.11. The molecule has 0 atom stereocenters. The summed E-state index contributed by atoms with van der Waals surface area (Å²) in [7, 11) is 0. The number of amides is 1. The van der Waals surface area contributed by atoms with Crippen LogP contribution in [0.5, 0.6) is 5.75 Å². The molecule has 0 saturated carbocycles. The largest absolute Gasteiger partial charge is 0.484 e. The van der Waals surface area contributed by atoms with E-state index in [1.54, 1.807) is 0 Å². The second-order valence-corrected chi connectivity index (χ2v) is 12.3. The summed E-state index contributed by atoms with van der Waals surface area (Å²) in [4.78, 5) is 12.6. The molecule has 164 valence electrons. The Labute approximate surface area is 188 Å². The van der Waals surface area contributed by atoms with E-state index in [0.717, 1.165) is 5.69 Å². The van der Waals surface area contributed by atoms with Crippen LogP contribution in [0.2, 0.25) is 0 Å². The van der Waals surface area contributed by atoms with Gasteiger partial charge in [0, 0.05) is 11.5 Å². The predicted octanol–water partition coefficient (Wildman–Crippen LogP) is 5.82. The van der Waals surface area contributed by atoms with Crippen LogP contribution in [0.15, 0.2) is 30.3 Å². The van der Waals surface area contributed by atoms with E-state index in [1.807, 2.05) is 46.4 Å². The van der Waals surface area contributed by atoms with Crippen LogP contribution < -0.4 is 10.1 Å². The van der Waals surface area contributed by atoms with Crippen LogP contribution in [0.1, 0.15) is 63.8 Å². The van der Waals surface area contributed by atoms with Gasteiger partial charge in [0.25, 0.3) is 5.91 Å². The maximum absolute atomic E-state index is 12.6. The zero-order valence-electron chi connectivity index (χ0n) is 18.8. The molecular weight excluding hydrogens is 414 g/mol. The molecule has 3 rings (SSSR count). The van der Waals surface area contributed by atoms with Crippen LogP contribution in [-0.4, -0.2) is 33.8 Å². The normalized spacial score (nSPS) is 15.8. The maximum atomic E-state index is 12.6. The Balaban J connectivity index is 1.61. The third-order valence-electron chi connectivity index (χ3n) is 4.73. The van der Waals surface area contributed by atoms with Crippen molar-refractivity contribution in [2.45, 2.75) is 63.5 Å². The molecule has 1 aromatic carbocycles. The number of hydrogen-bond donors (Lipinski definition) is 1. The van der Waals surface area contributed by atoms with Gasteiger partial charge in [-0.2, -0.15) is 5.10 Å². The van der Waals surface area contributed by atoms with Crippen molar-refractivity contribution >= 4 is 35.2 Å². The van der Waals surface area contributed by atoms with Crippen LogP contribution in [0.4, 0.5) is 5.82 Å². The van der Waals surface area contributed by atoms with Gasteiger partial charge in [-0.3, -0.25) is 4.79 Å². The summed E-state index contributed by atoms with van der Waals surface area (Å²) in [6.45, 7) is 12.5. The Morgan fingerprint density at radius 3 is 2.33 bits per heavy atom. The highest BCUT2D eigenvalue weighted by atomic mass is 32.2. The molecule has 1 aliphatic heterocycles. The van der Waals surface area contributed by atoms with Crippen molar-refractivity contribution in [3.8, 4) is 5.75 Å². The van der Waals surface area contributed by atoms with Gasteiger partial charge in [0.1, 0.15) is 11.6 Å². The van der Waals surface area contributed by atoms with E-state index in [0.29, 0.717) is 16.1 Å². The third kappa shape index (κ3) is 5.97. The van der Waals surface area contributed by atoms with E-state index in [-0.39, 0.29) is 23.5 Å². The van der Waals surface area contributed by atoms with Crippen molar-refractivity contribution in [3.05, 3.63) is 41.6 Å². The van der Waals surface area contributed by atoms with Crippen molar-refractivity contribution in [2.24, 2.45) is 0 Å². The molecule has 1 N–H and O–H groups in total. The quantitative estimate of drug-likeness (QED) is 0.626. The molecule has 1 aromatic heterocycles. The molecule has 0 radical (unpaired) electrons. The Bertz CT molecular complexity index is 858. The molecule has 0 aliphatic carbocycles. The van der Waals surface area contributed by atoms with Gasteiger partial charge in [-0.15, -0.1) is 23.5 Å². The van der Waals surface area contributed by atoms with Crippen LogP contribution in [-0.2, 0) is 15.7 Å². The number of carbonyl (C=O) groups is 1. The number of carbonyl (C=O) groups excluding carboxylic acids is 1. The van der Waals surface area contributed by atoms with E-state index in [4.69, 9.17) is 9.84 Å². The van der Waals surface area contributed by atoms with Gasteiger partial charge in [0.05, 0.1) is 15.8 Å². The summed E-state index contributed by atoms with van der Waals surface area (Å²) in [6, 6.07) is 10.1. The smallest absolute Gasteiger partial charge is 0.263 e. The van der Waals surface area contributed by atoms with E-state index in [2.05, 4.69) is 59.0 Å². The van der Waals surface area contributed by atoms with Gasteiger partial charge < -0.3 is 10.1 Å². The average molecular weight is 448 g/mol. The lowest BCUT2D eigenvalue weighted by atomic mass is 9.92. The number of rotatable bonds is 5. The second-order valence-electron chi connectivity index (χ2n) is 9.58. The van der Waals surface area contributed by atoms with Crippen LogP contribution >= 0.6 is 23.5 Å². The minimum atomic E-state index is -0.238. The molecule has 1 aliphatic rings. The van der Waals surface area contributed by atoms with Gasteiger partial charge in [-0.1, -0.05) is 32.9 Å². The number of aromatic nitrogens is 2. The van der Waals surface area contributed by atoms with Crippen molar-refractivity contribution in [2.75, 3.05) is 23.4 Å². The Hall–Kier alpha value is -1.60. The fraction of sp³-hybridized carbons (Fsp3) is 0.565. The van der Waals surface area contributed by atoms with Gasteiger partial charge in [0.2, 0.25) is 0 Å². The van der Waals surface area contributed by atoms with Crippen molar-refractivity contribution in [1.29, 1.82) is 0 Å². The Morgan fingerprint density at radius 2 is 1.77 bits per heavy atom. The summed E-state index contributed by atoms with van der Waals surface area (Å²) >= 11 is 4.00. The average Bonchev–Trinajstić information content (AvgIpc) is 3.12. The van der Waals surface area contributed by atoms with E-state index < -0.39 is 0 Å². The molecule has 0 spiro atoms. The fourth-order valence-electron chi connectivity index (χ4n) is 3.08. The van der Waals surface area contributed by atoms with E-state index in [1.165, 1.54) is 23.5 Å². The zero-order valence-corrected chi connectivity index (χ0v) is 20.5. The highest BCUT2D eigenvalue weighted by Crippen LogP contribution is 2.43. The summed E-state index contributed by atoms with van der Waals surface area (Å²) in [6.07, 6.45) is 1.29. The lowest BCUT2D eigenvalue weighted by Crippen LogP contribution is -2.28. The first-order chi connectivity index (χ1) is 14.0. The number of ether oxygens (including phenoxy) is 1. The molecule has 0 bridgehead atoms. The Kier molecular flexibility index (Phi) is 7.13. The van der Waals surface area contributed by atoms with Gasteiger partial charge in [-0.05, 0) is 56.4 Å². The number of nitrogens with zero attached hydrogens (tertiary/aromatic N) is 2. The minimum Gasteiger partial charge on any atom is -0.484 e. The van der Waals surface area contributed by atoms with E-state index >= 15 is 0 Å². The first-order valence-electron chi connectivity index (χ1n) is 10.4. The van der Waals surface area contributed by atoms with Crippen LogP contribution in [0.25, 0.3) is 0 Å². The number of nitrogens with one attached hydrogen (secondary N) is 1. The Morgan fingerprint density at radius 1 is 1.13 bits per heavy atom. The van der Waals surface area contributed by atoms with Gasteiger partial charge >= 0.3 is 0 Å². The number of benzene rings is 1. The SMILES string of the molecule is CC(C)(C)c1cc(NC(=O)COc2ccc(C3SCCCS3)cc2)n(C(C)(C)C)n1. The highest BCUT2D eigenvalue weighted by molar-refractivity contribution is 8.16. The predicted molar refractivity (Wildman–Crippen MR) is 129 cm³/mol. The number of anilines is 1. The zero-order chi connectivity index (χ0) is 21.9. The first kappa shape index (κ1) is 23.1. The van der Waals surface area contributed by atoms with Crippen molar-refractivity contribution in [1.82, 2.24) is 9.78 Å². The monoisotopic (exact) mass is 447 g/mol. The molecule has 5 nitrogen and oxygen atoms in total. The summed E-state index contributed by atoms with van der Waals surface area (Å²) in [5, 5.41) is 7.71. The molecule has 30 heavy (non-hydrogen) atoms. The second kappa shape index (κ2) is 9.27. The topological polar surface area (TPSA) is 56.1 Å². The lowest BCUT2D eigenvalue weighted by molar-refractivity contribution is -0.118. The maximum Gasteiger partial charge on any atom is 0.263 e. The van der Waals surface area contributed by atoms with Crippen molar-refractivity contribution < 1.29 is 9.53 Å². The number of thioether (sulfide) groups is 2. The van der Waals surface area contributed by atoms with Gasteiger partial charge in [0.15, 0.2) is 6.61 Å². The molecule has 2 heterocycles. The molecule has 2 aromatic rings. The summed E-state index contributed by atoms with van der Waals surface area (Å²) in [5.41, 5.74) is 1.93.